The van der Waals surface area contributed by atoms with Crippen molar-refractivity contribution < 1.29 is 19.1 Å². The van der Waals surface area contributed by atoms with Crippen molar-refractivity contribution in [1.29, 1.82) is 0 Å². The van der Waals surface area contributed by atoms with Gasteiger partial charge in [0.1, 0.15) is 12.6 Å². The van der Waals surface area contributed by atoms with Crippen LogP contribution >= 0.6 is 0 Å². The van der Waals surface area contributed by atoms with Gasteiger partial charge in [-0.3, -0.25) is 14.5 Å². The summed E-state index contributed by atoms with van der Waals surface area (Å²) in [5.74, 6) is -0.534. The predicted octanol–water partition coefficient (Wildman–Crippen LogP) is 11.6. The number of carbonyl (C=O) groups excluding carboxylic acids is 2. The fourth-order valence-corrected chi connectivity index (χ4v) is 5.11. The van der Waals surface area contributed by atoms with Crippen LogP contribution in [0.1, 0.15) is 168 Å². The van der Waals surface area contributed by atoms with Crippen LogP contribution in [0, 0.1) is 0 Å². The molecule has 0 heterocycles. The molecule has 0 N–H and O–H groups in total. The number of ether oxygens (including phenoxy) is 2. The molecule has 0 aliphatic carbocycles. The number of rotatable bonds is 33. The highest BCUT2D eigenvalue weighted by molar-refractivity contribution is 5.76. The van der Waals surface area contributed by atoms with Gasteiger partial charge in [-0.2, -0.15) is 0 Å². The minimum Gasteiger partial charge on any atom is -0.464 e. The molecule has 1 unspecified atom stereocenters. The average molecular weight is 644 g/mol. The van der Waals surface area contributed by atoms with Gasteiger partial charge in [0, 0.05) is 6.42 Å². The number of hydrogen-bond donors (Lipinski definition) is 0. The molecule has 0 fully saturated rings. The second-order valence-corrected chi connectivity index (χ2v) is 12.9. The van der Waals surface area contributed by atoms with E-state index in [1.165, 1.54) is 89.9 Å². The Morgan fingerprint density at radius 2 is 0.935 bits per heavy atom. The zero-order valence-corrected chi connectivity index (χ0v) is 30.7. The van der Waals surface area contributed by atoms with Crippen LogP contribution in [0.2, 0.25) is 0 Å². The molecule has 5 nitrogen and oxygen atoms in total. The summed E-state index contributed by atoms with van der Waals surface area (Å²) in [6.45, 7) is 4.96. The van der Waals surface area contributed by atoms with Gasteiger partial charge in [0.05, 0.1) is 6.61 Å². The van der Waals surface area contributed by atoms with Crippen LogP contribution in [0.25, 0.3) is 0 Å². The highest BCUT2D eigenvalue weighted by Gasteiger charge is 2.24. The van der Waals surface area contributed by atoms with Crippen molar-refractivity contribution in [2.45, 2.75) is 174 Å². The summed E-state index contributed by atoms with van der Waals surface area (Å²) >= 11 is 0. The Morgan fingerprint density at radius 1 is 0.522 bits per heavy atom. The minimum absolute atomic E-state index is 0.0502. The Bertz CT molecular complexity index is 798. The Kier molecular flexibility index (Phi) is 34.0. The van der Waals surface area contributed by atoms with Crippen LogP contribution < -0.4 is 0 Å². The molecule has 0 aromatic heterocycles. The van der Waals surface area contributed by atoms with Crippen LogP contribution in [-0.2, 0) is 19.1 Å². The van der Waals surface area contributed by atoms with Crippen LogP contribution in [0.15, 0.2) is 48.6 Å². The van der Waals surface area contributed by atoms with E-state index in [2.05, 4.69) is 62.5 Å². The van der Waals surface area contributed by atoms with E-state index in [0.717, 1.165) is 57.8 Å². The molecule has 0 amide bonds. The normalized spacial score (nSPS) is 12.8. The first kappa shape index (κ1) is 43.9. The molecule has 0 saturated carbocycles. The first-order valence-electron chi connectivity index (χ1n) is 19.1. The van der Waals surface area contributed by atoms with E-state index in [9.17, 15) is 9.59 Å². The third-order valence-electron chi connectivity index (χ3n) is 8.22. The molecule has 0 aromatic carbocycles. The maximum atomic E-state index is 12.6. The molecule has 0 aliphatic rings. The van der Waals surface area contributed by atoms with E-state index in [1.807, 2.05) is 14.1 Å². The van der Waals surface area contributed by atoms with Gasteiger partial charge >= 0.3 is 11.9 Å². The fourth-order valence-electron chi connectivity index (χ4n) is 5.11. The summed E-state index contributed by atoms with van der Waals surface area (Å²) in [7, 11) is 3.64. The number of likely N-dealkylation sites (N-methyl/N-ethyl adjacent to an activating group) is 1. The number of carbonyl (C=O) groups is 2. The van der Waals surface area contributed by atoms with E-state index in [4.69, 9.17) is 9.47 Å². The van der Waals surface area contributed by atoms with E-state index in [1.54, 1.807) is 4.90 Å². The molecule has 0 radical (unpaired) electrons. The van der Waals surface area contributed by atoms with Crippen molar-refractivity contribution in [2.24, 2.45) is 0 Å². The number of esters is 2. The summed E-state index contributed by atoms with van der Waals surface area (Å²) in [6, 6.07) is -0.557. The summed E-state index contributed by atoms with van der Waals surface area (Å²) < 4.78 is 11.0. The molecule has 1 atom stereocenters. The lowest BCUT2D eigenvalue weighted by atomic mass is 10.1. The molecule has 0 rings (SSSR count). The number of unbranched alkanes of at least 4 members (excludes halogenated alkanes) is 17. The largest absolute Gasteiger partial charge is 0.464 e. The lowest BCUT2D eigenvalue weighted by molar-refractivity contribution is -0.155. The third kappa shape index (κ3) is 31.8. The van der Waals surface area contributed by atoms with Crippen LogP contribution in [0.5, 0.6) is 0 Å². The monoisotopic (exact) mass is 644 g/mol. The van der Waals surface area contributed by atoms with E-state index in [0.29, 0.717) is 13.0 Å². The molecular formula is C41H73NO4. The minimum atomic E-state index is -0.557. The van der Waals surface area contributed by atoms with E-state index < -0.39 is 6.04 Å². The molecule has 46 heavy (non-hydrogen) atoms. The fraction of sp³-hybridized carbons (Fsp3) is 0.756. The van der Waals surface area contributed by atoms with Gasteiger partial charge in [0.2, 0.25) is 0 Å². The van der Waals surface area contributed by atoms with Gasteiger partial charge in [-0.15, -0.1) is 0 Å². The maximum absolute atomic E-state index is 12.6. The summed E-state index contributed by atoms with van der Waals surface area (Å²) in [5.41, 5.74) is 0. The lowest BCUT2D eigenvalue weighted by Crippen LogP contribution is -2.41. The molecule has 5 heteroatoms. The SMILES string of the molecule is CCCCC/C=C\C/C=C\CCCCCCCCOC(=O)C(COC(=O)CCCCCCC/C=C\C/C=C\CCCCC)N(C)C. The highest BCUT2D eigenvalue weighted by Crippen LogP contribution is 2.11. The summed E-state index contributed by atoms with van der Waals surface area (Å²) in [6.07, 6.45) is 45.6. The van der Waals surface area contributed by atoms with Crippen molar-refractivity contribution >= 4 is 11.9 Å². The predicted molar refractivity (Wildman–Crippen MR) is 198 cm³/mol. The van der Waals surface area contributed by atoms with Crippen molar-refractivity contribution in [2.75, 3.05) is 27.3 Å². The lowest BCUT2D eigenvalue weighted by Gasteiger charge is -2.22. The molecule has 0 spiro atoms. The second kappa shape index (κ2) is 35.7. The van der Waals surface area contributed by atoms with E-state index in [-0.39, 0.29) is 18.5 Å². The smallest absolute Gasteiger partial charge is 0.326 e. The quantitative estimate of drug-likeness (QED) is 0.0404. The van der Waals surface area contributed by atoms with Crippen molar-refractivity contribution in [3.63, 3.8) is 0 Å². The second-order valence-electron chi connectivity index (χ2n) is 12.9. The molecule has 266 valence electrons. The number of allylic oxidation sites excluding steroid dienone is 8. The Balaban J connectivity index is 3.74. The molecule has 0 aliphatic heterocycles. The molecule has 0 bridgehead atoms. The standard InChI is InChI=1S/C41H73NO4/c1-5-7-9-11-13-15-17-19-21-23-25-27-29-31-33-35-37-45-41(44)39(42(3)4)38-46-40(43)36-34-32-30-28-26-24-22-20-18-16-14-12-10-8-6-2/h13-16,19-22,39H,5-12,17-18,23-38H2,1-4H3/b15-13-,16-14-,21-19-,22-20-. The summed E-state index contributed by atoms with van der Waals surface area (Å²) in [5, 5.41) is 0. The van der Waals surface area contributed by atoms with Gasteiger partial charge in [-0.05, 0) is 91.1 Å². The third-order valence-corrected chi connectivity index (χ3v) is 8.22. The first-order valence-corrected chi connectivity index (χ1v) is 19.1. The zero-order valence-electron chi connectivity index (χ0n) is 30.7. The van der Waals surface area contributed by atoms with Crippen molar-refractivity contribution in [3.05, 3.63) is 48.6 Å². The molecular weight excluding hydrogens is 570 g/mol. The molecule has 0 aromatic rings. The number of nitrogens with zero attached hydrogens (tertiary/aromatic N) is 1. The number of hydrogen-bond acceptors (Lipinski definition) is 5. The average Bonchev–Trinajstić information content (AvgIpc) is 3.04. The first-order chi connectivity index (χ1) is 22.5. The van der Waals surface area contributed by atoms with Gasteiger partial charge < -0.3 is 9.47 Å². The Labute approximate surface area is 285 Å². The van der Waals surface area contributed by atoms with Crippen LogP contribution in [0.3, 0.4) is 0 Å². The van der Waals surface area contributed by atoms with Gasteiger partial charge in [0.25, 0.3) is 0 Å². The van der Waals surface area contributed by atoms with Gasteiger partial charge in [-0.25, -0.2) is 0 Å². The zero-order chi connectivity index (χ0) is 33.8. The van der Waals surface area contributed by atoms with Crippen molar-refractivity contribution in [3.8, 4) is 0 Å². The molecule has 0 saturated heterocycles. The van der Waals surface area contributed by atoms with Crippen LogP contribution in [0.4, 0.5) is 0 Å². The topological polar surface area (TPSA) is 55.8 Å². The van der Waals surface area contributed by atoms with Gasteiger partial charge in [0.15, 0.2) is 0 Å². The van der Waals surface area contributed by atoms with Gasteiger partial charge in [-0.1, -0.05) is 133 Å². The van der Waals surface area contributed by atoms with E-state index >= 15 is 0 Å². The Morgan fingerprint density at radius 3 is 1.39 bits per heavy atom. The highest BCUT2D eigenvalue weighted by atomic mass is 16.6. The summed E-state index contributed by atoms with van der Waals surface area (Å²) in [4.78, 5) is 26.6. The Hall–Kier alpha value is -2.14. The maximum Gasteiger partial charge on any atom is 0.326 e. The van der Waals surface area contributed by atoms with Crippen molar-refractivity contribution in [1.82, 2.24) is 4.90 Å². The van der Waals surface area contributed by atoms with Crippen LogP contribution in [-0.4, -0.2) is 50.2 Å².